The Bertz CT molecular complexity index is 1260. The number of hydrogen-bond donors (Lipinski definition) is 1. The zero-order chi connectivity index (χ0) is 23.4. The third-order valence-electron chi connectivity index (χ3n) is 5.07. The van der Waals surface area contributed by atoms with Gasteiger partial charge in [0.2, 0.25) is 5.91 Å². The number of rotatable bonds is 7. The largest absolute Gasteiger partial charge is 0.467 e. The smallest absolute Gasteiger partial charge is 0.271 e. The first-order valence-electron chi connectivity index (χ1n) is 10.3. The van der Waals surface area contributed by atoms with Crippen molar-refractivity contribution in [3.05, 3.63) is 105 Å². The molecule has 4 aromatic rings. The maximum Gasteiger partial charge on any atom is 0.271 e. The molecule has 1 atom stereocenters. The normalized spacial score (nSPS) is 11.7. The lowest BCUT2D eigenvalue weighted by Crippen LogP contribution is -2.44. The second-order valence-electron chi connectivity index (χ2n) is 7.38. The van der Waals surface area contributed by atoms with E-state index in [1.54, 1.807) is 49.6 Å². The second-order valence-corrected chi connectivity index (χ2v) is 8.99. The number of nitrogens with zero attached hydrogens (tertiary/aromatic N) is 2. The van der Waals surface area contributed by atoms with Crippen molar-refractivity contribution in [3.63, 3.8) is 0 Å². The van der Waals surface area contributed by atoms with Crippen LogP contribution < -0.4 is 10.2 Å². The van der Waals surface area contributed by atoms with Crippen LogP contribution in [0.4, 0.5) is 5.69 Å². The molecule has 0 fully saturated rings. The molecule has 0 radical (unpaired) electrons. The number of nitrogens with one attached hydrogen (secondary N) is 1. The van der Waals surface area contributed by atoms with Crippen molar-refractivity contribution in [3.8, 4) is 0 Å². The van der Waals surface area contributed by atoms with Crippen LogP contribution in [0.5, 0.6) is 0 Å². The Labute approximate surface area is 200 Å². The van der Waals surface area contributed by atoms with Gasteiger partial charge in [0.05, 0.1) is 34.2 Å². The average Bonchev–Trinajstić information content (AvgIpc) is 3.45. The molecule has 1 unspecified atom stereocenters. The van der Waals surface area contributed by atoms with E-state index in [-0.39, 0.29) is 18.4 Å². The first kappa shape index (κ1) is 22.8. The lowest BCUT2D eigenvalue weighted by molar-refractivity contribution is -0.122. The highest BCUT2D eigenvalue weighted by Crippen LogP contribution is 2.36. The van der Waals surface area contributed by atoms with Gasteiger partial charge in [0.25, 0.3) is 5.91 Å². The summed E-state index contributed by atoms with van der Waals surface area (Å²) in [5.41, 5.74) is 1.71. The van der Waals surface area contributed by atoms with Crippen molar-refractivity contribution in [1.82, 2.24) is 10.3 Å². The van der Waals surface area contributed by atoms with E-state index in [1.165, 1.54) is 16.2 Å². The Morgan fingerprint density at radius 1 is 1.06 bits per heavy atom. The highest BCUT2D eigenvalue weighted by Gasteiger charge is 2.35. The molecule has 2 heterocycles. The number of hydrogen-bond acceptors (Lipinski definition) is 5. The monoisotopic (exact) mass is 479 g/mol. The van der Waals surface area contributed by atoms with Crippen molar-refractivity contribution in [2.45, 2.75) is 26.4 Å². The molecular weight excluding hydrogens is 458 g/mol. The van der Waals surface area contributed by atoms with Gasteiger partial charge in [-0.1, -0.05) is 54.1 Å². The molecular formula is C25H22ClN3O3S. The predicted molar refractivity (Wildman–Crippen MR) is 130 cm³/mol. The summed E-state index contributed by atoms with van der Waals surface area (Å²) in [4.78, 5) is 33.8. The van der Waals surface area contributed by atoms with Crippen molar-refractivity contribution in [1.29, 1.82) is 0 Å². The molecule has 168 valence electrons. The van der Waals surface area contributed by atoms with Crippen LogP contribution in [0.2, 0.25) is 5.02 Å². The second kappa shape index (κ2) is 10.0. The van der Waals surface area contributed by atoms with Crippen molar-refractivity contribution >= 4 is 40.4 Å². The van der Waals surface area contributed by atoms with E-state index in [9.17, 15) is 9.59 Å². The zero-order valence-corrected chi connectivity index (χ0v) is 19.7. The molecule has 2 amide bonds. The summed E-state index contributed by atoms with van der Waals surface area (Å²) in [5.74, 6) is -0.0855. The SMILES string of the molecule is Cc1nc(C)c(C(=O)N(c2ccccc2Cl)C(C(=O)NCc2ccco2)c2ccccc2)s1. The number of amides is 2. The number of benzene rings is 2. The molecule has 0 aliphatic heterocycles. The molecule has 0 saturated heterocycles. The summed E-state index contributed by atoms with van der Waals surface area (Å²) in [6.07, 6.45) is 1.55. The molecule has 0 aliphatic carbocycles. The van der Waals surface area contributed by atoms with Crippen LogP contribution in [0.15, 0.2) is 77.4 Å². The number of aryl methyl sites for hydroxylation is 2. The topological polar surface area (TPSA) is 75.4 Å². The minimum absolute atomic E-state index is 0.193. The Morgan fingerprint density at radius 2 is 1.79 bits per heavy atom. The number of anilines is 1. The van der Waals surface area contributed by atoms with Crippen LogP contribution in [0.1, 0.15) is 37.7 Å². The lowest BCUT2D eigenvalue weighted by atomic mass is 10.0. The maximum absolute atomic E-state index is 13.9. The number of carbonyl (C=O) groups excluding carboxylic acids is 2. The van der Waals surface area contributed by atoms with Gasteiger partial charge in [0, 0.05) is 0 Å². The van der Waals surface area contributed by atoms with Gasteiger partial charge < -0.3 is 9.73 Å². The van der Waals surface area contributed by atoms with Gasteiger partial charge in [-0.15, -0.1) is 11.3 Å². The van der Waals surface area contributed by atoms with Crippen LogP contribution in [0.25, 0.3) is 0 Å². The molecule has 1 N–H and O–H groups in total. The third kappa shape index (κ3) is 4.99. The first-order valence-corrected chi connectivity index (χ1v) is 11.5. The molecule has 2 aromatic heterocycles. The van der Waals surface area contributed by atoms with Gasteiger partial charge >= 0.3 is 0 Å². The molecule has 2 aromatic carbocycles. The van der Waals surface area contributed by atoms with Gasteiger partial charge in [-0.25, -0.2) is 4.98 Å². The molecule has 6 nitrogen and oxygen atoms in total. The number of carbonyl (C=O) groups is 2. The molecule has 0 aliphatic rings. The average molecular weight is 480 g/mol. The summed E-state index contributed by atoms with van der Waals surface area (Å²) < 4.78 is 5.35. The lowest BCUT2D eigenvalue weighted by Gasteiger charge is -2.31. The highest BCUT2D eigenvalue weighted by molar-refractivity contribution is 7.13. The quantitative estimate of drug-likeness (QED) is 0.368. The molecule has 4 rings (SSSR count). The van der Waals surface area contributed by atoms with Crippen LogP contribution in [0, 0.1) is 13.8 Å². The van der Waals surface area contributed by atoms with Crippen LogP contribution in [-0.4, -0.2) is 16.8 Å². The van der Waals surface area contributed by atoms with Gasteiger partial charge in [-0.3, -0.25) is 14.5 Å². The fourth-order valence-corrected chi connectivity index (χ4v) is 4.67. The highest BCUT2D eigenvalue weighted by atomic mass is 35.5. The van der Waals surface area contributed by atoms with Gasteiger partial charge in [0.1, 0.15) is 16.7 Å². The van der Waals surface area contributed by atoms with Crippen LogP contribution in [-0.2, 0) is 11.3 Å². The number of aromatic nitrogens is 1. The van der Waals surface area contributed by atoms with Gasteiger partial charge in [0.15, 0.2) is 0 Å². The van der Waals surface area contributed by atoms with Gasteiger partial charge in [-0.2, -0.15) is 0 Å². The molecule has 33 heavy (non-hydrogen) atoms. The van der Waals surface area contributed by atoms with E-state index in [0.717, 1.165) is 5.01 Å². The van der Waals surface area contributed by atoms with Crippen LogP contribution >= 0.6 is 22.9 Å². The van der Waals surface area contributed by atoms with Crippen LogP contribution in [0.3, 0.4) is 0 Å². The fourth-order valence-electron chi connectivity index (χ4n) is 3.59. The summed E-state index contributed by atoms with van der Waals surface area (Å²) >= 11 is 7.83. The molecule has 0 saturated carbocycles. The minimum Gasteiger partial charge on any atom is -0.467 e. The first-order chi connectivity index (χ1) is 16.0. The summed E-state index contributed by atoms with van der Waals surface area (Å²) in [6.45, 7) is 3.83. The van der Waals surface area contributed by atoms with Gasteiger partial charge in [-0.05, 0) is 43.7 Å². The Morgan fingerprint density at radius 3 is 2.42 bits per heavy atom. The number of halogens is 1. The van der Waals surface area contributed by atoms with E-state index in [1.807, 2.05) is 37.3 Å². The van der Waals surface area contributed by atoms with E-state index < -0.39 is 6.04 Å². The van der Waals surface area contributed by atoms with E-state index in [2.05, 4.69) is 10.3 Å². The molecule has 8 heteroatoms. The fraction of sp³-hybridized carbons (Fsp3) is 0.160. The summed E-state index contributed by atoms with van der Waals surface area (Å²) in [6, 6.07) is 18.7. The predicted octanol–water partition coefficient (Wildman–Crippen LogP) is 5.71. The van der Waals surface area contributed by atoms with E-state index in [4.69, 9.17) is 16.0 Å². The minimum atomic E-state index is -0.963. The zero-order valence-electron chi connectivity index (χ0n) is 18.1. The Hall–Kier alpha value is -3.42. The summed E-state index contributed by atoms with van der Waals surface area (Å²) in [7, 11) is 0. The van der Waals surface area contributed by atoms with E-state index in [0.29, 0.717) is 32.6 Å². The van der Waals surface area contributed by atoms with Crippen molar-refractivity contribution in [2.75, 3.05) is 4.90 Å². The molecule has 0 bridgehead atoms. The number of para-hydroxylation sites is 1. The maximum atomic E-state index is 13.9. The van der Waals surface area contributed by atoms with Crippen molar-refractivity contribution < 1.29 is 14.0 Å². The third-order valence-corrected chi connectivity index (χ3v) is 6.45. The Balaban J connectivity index is 1.82. The van der Waals surface area contributed by atoms with Crippen molar-refractivity contribution in [2.24, 2.45) is 0 Å². The standard InChI is InChI=1S/C25H22ClN3O3S/c1-16-23(33-17(2)28-16)25(31)29(21-13-7-6-12-20(21)26)22(18-9-4-3-5-10-18)24(30)27-15-19-11-8-14-32-19/h3-14,22H,15H2,1-2H3,(H,27,30). The summed E-state index contributed by atoms with van der Waals surface area (Å²) in [5, 5.41) is 4.03. The number of furan rings is 1. The van der Waals surface area contributed by atoms with E-state index >= 15 is 0 Å². The molecule has 0 spiro atoms. The Kier molecular flexibility index (Phi) is 6.91. The number of thiazole rings is 1.